The first-order valence-electron chi connectivity index (χ1n) is 6.20. The summed E-state index contributed by atoms with van der Waals surface area (Å²) in [5.74, 6) is 0.558. The van der Waals surface area contributed by atoms with Gasteiger partial charge in [-0.3, -0.25) is 0 Å². The minimum Gasteiger partial charge on any atom is -0.408 e. The van der Waals surface area contributed by atoms with Gasteiger partial charge in [-0.25, -0.2) is 0 Å². The van der Waals surface area contributed by atoms with Crippen molar-refractivity contribution in [1.29, 1.82) is 0 Å². The topological polar surface area (TPSA) is 77.0 Å². The first-order valence-corrected chi connectivity index (χ1v) is 6.20. The molecule has 0 saturated carbocycles. The second-order valence-electron chi connectivity index (χ2n) is 4.11. The third kappa shape index (κ3) is 3.30. The molecule has 1 heterocycles. The highest BCUT2D eigenvalue weighted by Gasteiger charge is 2.05. The van der Waals surface area contributed by atoms with Gasteiger partial charge in [0.1, 0.15) is 0 Å². The summed E-state index contributed by atoms with van der Waals surface area (Å²) in [6, 6.07) is 8.63. The molecule has 0 aliphatic carbocycles. The lowest BCUT2D eigenvalue weighted by Crippen LogP contribution is -2.02. The minimum absolute atomic E-state index is 0.404. The molecule has 5 heteroatoms. The first-order chi connectivity index (χ1) is 8.81. The maximum atomic E-state index is 5.42. The first kappa shape index (κ1) is 12.6. The average molecular weight is 246 g/mol. The number of nitrogens with two attached hydrogens (primary N) is 1. The van der Waals surface area contributed by atoms with E-state index in [1.54, 1.807) is 0 Å². The Morgan fingerprint density at radius 1 is 1.17 bits per heavy atom. The zero-order valence-corrected chi connectivity index (χ0v) is 10.5. The largest absolute Gasteiger partial charge is 0.408 e. The molecule has 0 unspecified atom stereocenters. The molecule has 0 aliphatic rings. The molecular weight excluding hydrogens is 228 g/mol. The molecule has 1 aromatic heterocycles. The van der Waals surface area contributed by atoms with Crippen LogP contribution in [0.4, 0.5) is 11.7 Å². The van der Waals surface area contributed by atoms with E-state index in [1.165, 1.54) is 5.56 Å². The van der Waals surface area contributed by atoms with E-state index >= 15 is 0 Å². The standard InChI is InChI=1S/C13H18N4O/c1-2-3-10-4-6-11(7-5-10)15-13-17-16-12(18-13)8-9-14/h4-7H,2-3,8-9,14H2,1H3,(H,15,17). The van der Waals surface area contributed by atoms with Crippen LogP contribution in [-0.4, -0.2) is 16.7 Å². The van der Waals surface area contributed by atoms with Gasteiger partial charge in [0.25, 0.3) is 0 Å². The summed E-state index contributed by atoms with van der Waals surface area (Å²) in [6.07, 6.45) is 2.85. The summed E-state index contributed by atoms with van der Waals surface area (Å²) in [4.78, 5) is 0. The van der Waals surface area contributed by atoms with E-state index in [-0.39, 0.29) is 0 Å². The van der Waals surface area contributed by atoms with E-state index in [0.29, 0.717) is 24.9 Å². The van der Waals surface area contributed by atoms with Crippen LogP contribution in [0.25, 0.3) is 0 Å². The Morgan fingerprint density at radius 2 is 1.94 bits per heavy atom. The van der Waals surface area contributed by atoms with Crippen molar-refractivity contribution in [3.05, 3.63) is 35.7 Å². The number of nitrogens with one attached hydrogen (secondary N) is 1. The van der Waals surface area contributed by atoms with Crippen molar-refractivity contribution >= 4 is 11.7 Å². The van der Waals surface area contributed by atoms with E-state index < -0.39 is 0 Å². The predicted octanol–water partition coefficient (Wildman–Crippen LogP) is 2.27. The summed E-state index contributed by atoms with van der Waals surface area (Å²) < 4.78 is 5.39. The fourth-order valence-electron chi connectivity index (χ4n) is 1.70. The third-order valence-electron chi connectivity index (χ3n) is 2.57. The number of rotatable bonds is 6. The normalized spacial score (nSPS) is 10.6. The van der Waals surface area contributed by atoms with Crippen LogP contribution in [0.2, 0.25) is 0 Å². The van der Waals surface area contributed by atoms with Gasteiger partial charge in [-0.05, 0) is 24.1 Å². The molecule has 0 amide bonds. The monoisotopic (exact) mass is 246 g/mol. The molecule has 0 spiro atoms. The Morgan fingerprint density at radius 3 is 2.61 bits per heavy atom. The van der Waals surface area contributed by atoms with Crippen LogP contribution >= 0.6 is 0 Å². The van der Waals surface area contributed by atoms with Gasteiger partial charge < -0.3 is 15.5 Å². The summed E-state index contributed by atoms with van der Waals surface area (Å²) in [5.41, 5.74) is 7.69. The molecule has 18 heavy (non-hydrogen) atoms. The molecule has 1 aromatic carbocycles. The van der Waals surface area contributed by atoms with Gasteiger partial charge in [-0.2, -0.15) is 0 Å². The number of anilines is 2. The highest BCUT2D eigenvalue weighted by atomic mass is 16.4. The molecule has 5 nitrogen and oxygen atoms in total. The van der Waals surface area contributed by atoms with Crippen molar-refractivity contribution in [1.82, 2.24) is 10.2 Å². The van der Waals surface area contributed by atoms with Crippen molar-refractivity contribution in [2.24, 2.45) is 5.73 Å². The summed E-state index contributed by atoms with van der Waals surface area (Å²) in [5, 5.41) is 10.9. The predicted molar refractivity (Wildman–Crippen MR) is 70.8 cm³/mol. The molecule has 0 radical (unpaired) electrons. The zero-order chi connectivity index (χ0) is 12.8. The lowest BCUT2D eigenvalue weighted by molar-refractivity contribution is 0.510. The van der Waals surface area contributed by atoms with E-state index in [1.807, 2.05) is 12.1 Å². The van der Waals surface area contributed by atoms with E-state index in [4.69, 9.17) is 10.2 Å². The molecule has 2 aromatic rings. The van der Waals surface area contributed by atoms with Crippen molar-refractivity contribution < 1.29 is 4.42 Å². The van der Waals surface area contributed by atoms with E-state index in [9.17, 15) is 0 Å². The van der Waals surface area contributed by atoms with Crippen LogP contribution in [0.15, 0.2) is 28.7 Å². The van der Waals surface area contributed by atoms with Crippen LogP contribution < -0.4 is 11.1 Å². The molecule has 0 atom stereocenters. The van der Waals surface area contributed by atoms with Crippen LogP contribution in [0.3, 0.4) is 0 Å². The van der Waals surface area contributed by atoms with E-state index in [2.05, 4.69) is 34.6 Å². The maximum Gasteiger partial charge on any atom is 0.320 e. The second kappa shape index (κ2) is 6.16. The Hall–Kier alpha value is -1.88. The van der Waals surface area contributed by atoms with Crippen molar-refractivity contribution in [3.63, 3.8) is 0 Å². The maximum absolute atomic E-state index is 5.42. The SMILES string of the molecule is CCCc1ccc(Nc2nnc(CCN)o2)cc1. The summed E-state index contributed by atoms with van der Waals surface area (Å²) in [7, 11) is 0. The smallest absolute Gasteiger partial charge is 0.320 e. The highest BCUT2D eigenvalue weighted by molar-refractivity contribution is 5.52. The number of aryl methyl sites for hydroxylation is 1. The molecule has 0 saturated heterocycles. The molecule has 0 fully saturated rings. The molecular formula is C13H18N4O. The molecule has 0 aliphatic heterocycles. The van der Waals surface area contributed by atoms with Crippen molar-refractivity contribution in [2.45, 2.75) is 26.2 Å². The lowest BCUT2D eigenvalue weighted by atomic mass is 10.1. The molecule has 3 N–H and O–H groups in total. The average Bonchev–Trinajstić information content (AvgIpc) is 2.80. The third-order valence-corrected chi connectivity index (χ3v) is 2.57. The highest BCUT2D eigenvalue weighted by Crippen LogP contribution is 2.16. The van der Waals surface area contributed by atoms with E-state index in [0.717, 1.165) is 18.5 Å². The second-order valence-corrected chi connectivity index (χ2v) is 4.11. The van der Waals surface area contributed by atoms with Gasteiger partial charge in [-0.1, -0.05) is 30.6 Å². The van der Waals surface area contributed by atoms with Gasteiger partial charge >= 0.3 is 6.01 Å². The summed E-state index contributed by atoms with van der Waals surface area (Å²) in [6.45, 7) is 2.68. The summed E-state index contributed by atoms with van der Waals surface area (Å²) >= 11 is 0. The van der Waals surface area contributed by atoms with Crippen molar-refractivity contribution in [2.75, 3.05) is 11.9 Å². The minimum atomic E-state index is 0.404. The fraction of sp³-hybridized carbons (Fsp3) is 0.385. The van der Waals surface area contributed by atoms with Crippen molar-refractivity contribution in [3.8, 4) is 0 Å². The lowest BCUT2D eigenvalue weighted by Gasteiger charge is -2.02. The van der Waals surface area contributed by atoms with Gasteiger partial charge in [0.2, 0.25) is 5.89 Å². The Labute approximate surface area is 106 Å². The van der Waals surface area contributed by atoms with Crippen LogP contribution in [0, 0.1) is 0 Å². The fourth-order valence-corrected chi connectivity index (χ4v) is 1.70. The number of benzene rings is 1. The molecule has 96 valence electrons. The number of aromatic nitrogens is 2. The van der Waals surface area contributed by atoms with Gasteiger partial charge in [0, 0.05) is 18.7 Å². The van der Waals surface area contributed by atoms with Gasteiger partial charge in [0.05, 0.1) is 0 Å². The molecule has 0 bridgehead atoms. The number of nitrogens with zero attached hydrogens (tertiary/aromatic N) is 2. The zero-order valence-electron chi connectivity index (χ0n) is 10.5. The Balaban J connectivity index is 1.99. The van der Waals surface area contributed by atoms with Crippen LogP contribution in [0.5, 0.6) is 0 Å². The van der Waals surface area contributed by atoms with Crippen LogP contribution in [-0.2, 0) is 12.8 Å². The van der Waals surface area contributed by atoms with Gasteiger partial charge in [-0.15, -0.1) is 5.10 Å². The quantitative estimate of drug-likeness (QED) is 0.817. The number of hydrogen-bond donors (Lipinski definition) is 2. The van der Waals surface area contributed by atoms with Gasteiger partial charge in [0.15, 0.2) is 0 Å². The van der Waals surface area contributed by atoms with Crippen LogP contribution in [0.1, 0.15) is 24.8 Å². The Kier molecular flexibility index (Phi) is 4.30. The number of hydrogen-bond acceptors (Lipinski definition) is 5. The molecule has 2 rings (SSSR count). The Bertz CT molecular complexity index is 478.